The van der Waals surface area contributed by atoms with Gasteiger partial charge in [0.15, 0.2) is 17.1 Å². The molecule has 0 saturated heterocycles. The molecule has 180 valence electrons. The predicted octanol–water partition coefficient (Wildman–Crippen LogP) is 3.38. The standard InChI is InChI=1S/C24H30N6O3S/c1-5-18-9-11-19(12-10-18)33-17(4)23(32)26-14-20-28-29-24(30(20)6-2)34-15-21(31)27-22-16(3)8-7-13-25-22/h7-13,17H,5-6,14-15H2,1-4H3,(H,26,32)(H,25,27,31)/t17-/m1/s1. The van der Waals surface area contributed by atoms with Gasteiger partial charge < -0.3 is 19.9 Å². The van der Waals surface area contributed by atoms with Crippen LogP contribution in [-0.4, -0.2) is 43.4 Å². The lowest BCUT2D eigenvalue weighted by molar-refractivity contribution is -0.127. The number of carbonyl (C=O) groups is 2. The molecular weight excluding hydrogens is 452 g/mol. The van der Waals surface area contributed by atoms with E-state index in [0.29, 0.717) is 29.1 Å². The van der Waals surface area contributed by atoms with E-state index in [1.807, 2.05) is 54.8 Å². The van der Waals surface area contributed by atoms with E-state index in [0.717, 1.165) is 12.0 Å². The lowest BCUT2D eigenvalue weighted by atomic mass is 10.2. The van der Waals surface area contributed by atoms with Crippen LogP contribution in [0.5, 0.6) is 5.75 Å². The van der Waals surface area contributed by atoms with Gasteiger partial charge in [-0.3, -0.25) is 9.59 Å². The van der Waals surface area contributed by atoms with Crippen LogP contribution in [0.1, 0.15) is 37.7 Å². The first kappa shape index (κ1) is 25.2. The van der Waals surface area contributed by atoms with E-state index in [-0.39, 0.29) is 24.1 Å². The maximum absolute atomic E-state index is 12.5. The second kappa shape index (κ2) is 12.2. The van der Waals surface area contributed by atoms with Crippen LogP contribution in [0.25, 0.3) is 0 Å². The Morgan fingerprint density at radius 1 is 1.15 bits per heavy atom. The van der Waals surface area contributed by atoms with Crippen LogP contribution in [0, 0.1) is 6.92 Å². The normalized spacial score (nSPS) is 11.6. The highest BCUT2D eigenvalue weighted by Crippen LogP contribution is 2.18. The van der Waals surface area contributed by atoms with E-state index in [1.54, 1.807) is 13.1 Å². The zero-order valence-electron chi connectivity index (χ0n) is 19.9. The Bertz CT molecular complexity index is 1120. The Morgan fingerprint density at radius 2 is 1.91 bits per heavy atom. The fourth-order valence-corrected chi connectivity index (χ4v) is 3.98. The number of aromatic nitrogens is 4. The quantitative estimate of drug-likeness (QED) is 0.403. The Morgan fingerprint density at radius 3 is 2.59 bits per heavy atom. The number of hydrogen-bond acceptors (Lipinski definition) is 7. The van der Waals surface area contributed by atoms with Crippen LogP contribution in [0.2, 0.25) is 0 Å². The second-order valence-electron chi connectivity index (χ2n) is 7.62. The zero-order chi connectivity index (χ0) is 24.5. The molecule has 1 atom stereocenters. The number of nitrogens with zero attached hydrogens (tertiary/aromatic N) is 4. The average Bonchev–Trinajstić information content (AvgIpc) is 3.24. The smallest absolute Gasteiger partial charge is 0.261 e. The molecule has 34 heavy (non-hydrogen) atoms. The van der Waals surface area contributed by atoms with Gasteiger partial charge in [-0.1, -0.05) is 36.9 Å². The number of rotatable bonds is 11. The lowest BCUT2D eigenvalue weighted by Gasteiger charge is -2.15. The van der Waals surface area contributed by atoms with Crippen molar-refractivity contribution in [3.8, 4) is 5.75 Å². The first-order chi connectivity index (χ1) is 16.4. The van der Waals surface area contributed by atoms with Gasteiger partial charge in [0.1, 0.15) is 11.6 Å². The number of amides is 2. The van der Waals surface area contributed by atoms with Crippen molar-refractivity contribution in [2.24, 2.45) is 0 Å². The van der Waals surface area contributed by atoms with Crippen LogP contribution in [0.4, 0.5) is 5.82 Å². The predicted molar refractivity (Wildman–Crippen MR) is 132 cm³/mol. The maximum Gasteiger partial charge on any atom is 0.261 e. The van der Waals surface area contributed by atoms with Crippen LogP contribution in [0.15, 0.2) is 47.8 Å². The minimum Gasteiger partial charge on any atom is -0.481 e. The number of hydrogen-bond donors (Lipinski definition) is 2. The van der Waals surface area contributed by atoms with Gasteiger partial charge in [-0.15, -0.1) is 10.2 Å². The molecule has 0 bridgehead atoms. The summed E-state index contributed by atoms with van der Waals surface area (Å²) in [7, 11) is 0. The van der Waals surface area contributed by atoms with Gasteiger partial charge in [0.2, 0.25) is 5.91 Å². The molecule has 0 aliphatic heterocycles. The van der Waals surface area contributed by atoms with Crippen molar-refractivity contribution in [1.29, 1.82) is 0 Å². The molecule has 0 spiro atoms. The monoisotopic (exact) mass is 482 g/mol. The molecule has 0 radical (unpaired) electrons. The van der Waals surface area contributed by atoms with Gasteiger partial charge in [-0.05, 0) is 56.5 Å². The number of benzene rings is 1. The topological polar surface area (TPSA) is 111 Å². The third kappa shape index (κ3) is 6.80. The average molecular weight is 483 g/mol. The van der Waals surface area contributed by atoms with Crippen molar-refractivity contribution in [3.63, 3.8) is 0 Å². The number of thioether (sulfide) groups is 1. The summed E-state index contributed by atoms with van der Waals surface area (Å²) < 4.78 is 7.61. The Kier molecular flexibility index (Phi) is 9.03. The molecule has 2 N–H and O–H groups in total. The molecule has 9 nitrogen and oxygen atoms in total. The van der Waals surface area contributed by atoms with Gasteiger partial charge in [-0.2, -0.15) is 0 Å². The summed E-state index contributed by atoms with van der Waals surface area (Å²) in [6.45, 7) is 8.46. The van der Waals surface area contributed by atoms with Gasteiger partial charge in [0.05, 0.1) is 12.3 Å². The SMILES string of the molecule is CCc1ccc(O[C@H](C)C(=O)NCc2nnc(SCC(=O)Nc3ncccc3C)n2CC)cc1. The molecule has 2 aromatic heterocycles. The van der Waals surface area contributed by atoms with Crippen molar-refractivity contribution in [1.82, 2.24) is 25.1 Å². The third-order valence-corrected chi connectivity index (χ3v) is 6.11. The molecule has 0 unspecified atom stereocenters. The maximum atomic E-state index is 12.5. The number of pyridine rings is 1. The van der Waals surface area contributed by atoms with E-state index < -0.39 is 6.10 Å². The minimum atomic E-state index is -0.655. The molecule has 0 aliphatic rings. The van der Waals surface area contributed by atoms with E-state index >= 15 is 0 Å². The van der Waals surface area contributed by atoms with Crippen LogP contribution in [0.3, 0.4) is 0 Å². The van der Waals surface area contributed by atoms with Gasteiger partial charge in [0, 0.05) is 12.7 Å². The molecule has 0 fully saturated rings. The van der Waals surface area contributed by atoms with Gasteiger partial charge in [0.25, 0.3) is 5.91 Å². The number of carbonyl (C=O) groups excluding carboxylic acids is 2. The Labute approximate surface area is 203 Å². The molecule has 3 aromatic rings. The molecular formula is C24H30N6O3S. The highest BCUT2D eigenvalue weighted by Gasteiger charge is 2.18. The van der Waals surface area contributed by atoms with E-state index in [9.17, 15) is 9.59 Å². The summed E-state index contributed by atoms with van der Waals surface area (Å²) >= 11 is 1.28. The number of ether oxygens (including phenoxy) is 1. The van der Waals surface area contributed by atoms with E-state index in [4.69, 9.17) is 4.74 Å². The molecule has 3 rings (SSSR count). The van der Waals surface area contributed by atoms with E-state index in [2.05, 4.69) is 32.7 Å². The first-order valence-electron chi connectivity index (χ1n) is 11.2. The molecule has 0 aliphatic carbocycles. The summed E-state index contributed by atoms with van der Waals surface area (Å²) in [6.07, 6.45) is 1.93. The van der Waals surface area contributed by atoms with Crippen LogP contribution in [-0.2, 0) is 29.1 Å². The molecule has 1 aromatic carbocycles. The summed E-state index contributed by atoms with van der Waals surface area (Å²) in [5, 5.41) is 14.6. The Hall–Kier alpha value is -3.40. The largest absolute Gasteiger partial charge is 0.481 e. The fraction of sp³-hybridized carbons (Fsp3) is 0.375. The van der Waals surface area contributed by atoms with Gasteiger partial charge in [-0.25, -0.2) is 4.98 Å². The summed E-state index contributed by atoms with van der Waals surface area (Å²) in [6, 6.07) is 11.4. The second-order valence-corrected chi connectivity index (χ2v) is 8.57. The van der Waals surface area contributed by atoms with Crippen molar-refractivity contribution in [2.75, 3.05) is 11.1 Å². The lowest BCUT2D eigenvalue weighted by Crippen LogP contribution is -2.36. The van der Waals surface area contributed by atoms with Crippen LogP contribution >= 0.6 is 11.8 Å². The van der Waals surface area contributed by atoms with Crippen molar-refractivity contribution >= 4 is 29.4 Å². The summed E-state index contributed by atoms with van der Waals surface area (Å²) in [5.74, 6) is 1.55. The number of nitrogens with one attached hydrogen (secondary N) is 2. The fourth-order valence-electron chi connectivity index (χ4n) is 3.16. The minimum absolute atomic E-state index is 0.169. The van der Waals surface area contributed by atoms with Crippen molar-refractivity contribution in [3.05, 3.63) is 59.5 Å². The number of anilines is 1. The third-order valence-electron chi connectivity index (χ3n) is 5.14. The zero-order valence-corrected chi connectivity index (χ0v) is 20.7. The molecule has 0 saturated carbocycles. The van der Waals surface area contributed by atoms with Crippen molar-refractivity contribution in [2.45, 2.75) is 58.5 Å². The summed E-state index contributed by atoms with van der Waals surface area (Å²) in [4.78, 5) is 29.0. The van der Waals surface area contributed by atoms with Gasteiger partial charge >= 0.3 is 0 Å². The number of aryl methyl sites for hydroxylation is 2. The molecule has 2 amide bonds. The molecule has 10 heteroatoms. The van der Waals surface area contributed by atoms with Crippen molar-refractivity contribution < 1.29 is 14.3 Å². The first-order valence-corrected chi connectivity index (χ1v) is 12.2. The highest BCUT2D eigenvalue weighted by molar-refractivity contribution is 7.99. The summed E-state index contributed by atoms with van der Waals surface area (Å²) in [5.41, 5.74) is 2.10. The van der Waals surface area contributed by atoms with Crippen LogP contribution < -0.4 is 15.4 Å². The molecule has 2 heterocycles. The van der Waals surface area contributed by atoms with E-state index in [1.165, 1.54) is 17.3 Å². The highest BCUT2D eigenvalue weighted by atomic mass is 32.2. The Balaban J connectivity index is 1.51.